The molecule has 5 aromatic rings. The summed E-state index contributed by atoms with van der Waals surface area (Å²) < 4.78 is 7.83. The van der Waals surface area contributed by atoms with Crippen LogP contribution in [-0.2, 0) is 22.7 Å². The van der Waals surface area contributed by atoms with Gasteiger partial charge in [-0.3, -0.25) is 19.5 Å². The summed E-state index contributed by atoms with van der Waals surface area (Å²) >= 11 is 0. The molecular weight excluding hydrogens is 550 g/mol. The highest BCUT2D eigenvalue weighted by molar-refractivity contribution is 6.19. The van der Waals surface area contributed by atoms with E-state index in [2.05, 4.69) is 4.98 Å². The van der Waals surface area contributed by atoms with Crippen molar-refractivity contribution in [3.05, 3.63) is 149 Å². The van der Waals surface area contributed by atoms with Gasteiger partial charge in [-0.25, -0.2) is 4.68 Å². The molecule has 0 N–H and O–H groups in total. The average molecular weight is 578 g/mol. The van der Waals surface area contributed by atoms with Gasteiger partial charge in [-0.1, -0.05) is 66.7 Å². The minimum absolute atomic E-state index is 0.00175. The smallest absolute Gasteiger partial charge is 0.271 e. The third-order valence-electron chi connectivity index (χ3n) is 7.31. The summed E-state index contributed by atoms with van der Waals surface area (Å²) in [6.07, 6.45) is 6.75. The standard InChI is InChI=1S/C36H27N5O3/c1-25-32(35(42)40(36(43)33(25)20-37)22-27-12-9-17-38-21-27)19-29-23-41(30-14-6-3-7-15-30)39-34(29)28-13-8-16-31(18-28)44-24-26-10-4-2-5-11-26/h2-19,21,23H,22,24H2,1H3/b32-19+. The molecule has 1 aliphatic rings. The minimum atomic E-state index is -0.625. The van der Waals surface area contributed by atoms with E-state index in [1.807, 2.05) is 97.2 Å². The van der Waals surface area contributed by atoms with E-state index in [0.717, 1.165) is 21.7 Å². The lowest BCUT2D eigenvalue weighted by Crippen LogP contribution is -2.42. The van der Waals surface area contributed by atoms with Gasteiger partial charge in [-0.2, -0.15) is 10.4 Å². The Morgan fingerprint density at radius 3 is 2.36 bits per heavy atom. The number of benzene rings is 3. The molecule has 0 saturated heterocycles. The monoisotopic (exact) mass is 577 g/mol. The molecule has 3 heterocycles. The molecule has 214 valence electrons. The third-order valence-corrected chi connectivity index (χ3v) is 7.31. The number of carbonyl (C=O) groups excluding carboxylic acids is 2. The van der Waals surface area contributed by atoms with E-state index in [1.54, 1.807) is 42.2 Å². The lowest BCUT2D eigenvalue weighted by atomic mass is 9.93. The average Bonchev–Trinajstić information content (AvgIpc) is 3.50. The van der Waals surface area contributed by atoms with Crippen LogP contribution in [0.25, 0.3) is 23.0 Å². The number of carbonyl (C=O) groups is 2. The molecule has 0 aliphatic carbocycles. The van der Waals surface area contributed by atoms with Crippen LogP contribution in [0.4, 0.5) is 0 Å². The topological polar surface area (TPSA) is 101 Å². The van der Waals surface area contributed by atoms with E-state index in [-0.39, 0.29) is 17.7 Å². The van der Waals surface area contributed by atoms with Gasteiger partial charge in [-0.15, -0.1) is 0 Å². The van der Waals surface area contributed by atoms with E-state index in [1.165, 1.54) is 0 Å². The number of nitrogens with zero attached hydrogens (tertiary/aromatic N) is 5. The van der Waals surface area contributed by atoms with E-state index >= 15 is 0 Å². The molecule has 0 spiro atoms. The van der Waals surface area contributed by atoms with Gasteiger partial charge in [0.2, 0.25) is 0 Å². The Hall–Kier alpha value is -6.07. The van der Waals surface area contributed by atoms with Gasteiger partial charge >= 0.3 is 0 Å². The van der Waals surface area contributed by atoms with E-state index in [0.29, 0.717) is 34.8 Å². The van der Waals surface area contributed by atoms with Crippen LogP contribution in [0.5, 0.6) is 5.75 Å². The van der Waals surface area contributed by atoms with Crippen LogP contribution in [0.1, 0.15) is 23.6 Å². The number of hydrogen-bond acceptors (Lipinski definition) is 6. The summed E-state index contributed by atoms with van der Waals surface area (Å²) in [6.45, 7) is 2.04. The van der Waals surface area contributed by atoms with Crippen molar-refractivity contribution in [3.63, 3.8) is 0 Å². The first-order valence-electron chi connectivity index (χ1n) is 14.0. The van der Waals surface area contributed by atoms with Crippen molar-refractivity contribution in [2.45, 2.75) is 20.1 Å². The molecule has 3 aromatic carbocycles. The number of aromatic nitrogens is 3. The number of nitriles is 1. The predicted octanol–water partition coefficient (Wildman–Crippen LogP) is 6.31. The van der Waals surface area contributed by atoms with Crippen molar-refractivity contribution < 1.29 is 14.3 Å². The molecule has 0 atom stereocenters. The number of amides is 2. The molecule has 8 nitrogen and oxygen atoms in total. The van der Waals surface area contributed by atoms with Gasteiger partial charge in [0.05, 0.1) is 12.2 Å². The van der Waals surface area contributed by atoms with Crippen molar-refractivity contribution >= 4 is 17.9 Å². The van der Waals surface area contributed by atoms with Crippen molar-refractivity contribution in [2.24, 2.45) is 0 Å². The highest BCUT2D eigenvalue weighted by atomic mass is 16.5. The SMILES string of the molecule is CC1=C(C#N)C(=O)N(Cc2cccnc2)C(=O)/C1=C/c1cn(-c2ccccc2)nc1-c1cccc(OCc2ccccc2)c1. The Labute approximate surface area is 254 Å². The van der Waals surface area contributed by atoms with E-state index in [4.69, 9.17) is 9.84 Å². The highest BCUT2D eigenvalue weighted by Gasteiger charge is 2.35. The summed E-state index contributed by atoms with van der Waals surface area (Å²) in [5, 5.41) is 14.8. The molecule has 2 aromatic heterocycles. The van der Waals surface area contributed by atoms with Crippen molar-refractivity contribution in [3.8, 4) is 28.8 Å². The molecule has 6 rings (SSSR count). The van der Waals surface area contributed by atoms with Gasteiger partial charge in [0, 0.05) is 35.3 Å². The first kappa shape index (κ1) is 28.1. The fourth-order valence-corrected chi connectivity index (χ4v) is 5.01. The molecule has 1 aliphatic heterocycles. The number of imide groups is 1. The van der Waals surface area contributed by atoms with Gasteiger partial charge < -0.3 is 4.74 Å². The normalized spacial score (nSPS) is 14.2. The van der Waals surface area contributed by atoms with Gasteiger partial charge in [0.25, 0.3) is 11.8 Å². The maximum Gasteiger partial charge on any atom is 0.271 e. The highest BCUT2D eigenvalue weighted by Crippen LogP contribution is 2.33. The summed E-state index contributed by atoms with van der Waals surface area (Å²) in [6, 6.07) is 32.7. The molecule has 8 heteroatoms. The molecule has 0 fully saturated rings. The Balaban J connectivity index is 1.43. The Bertz CT molecular complexity index is 1940. The van der Waals surface area contributed by atoms with Crippen molar-refractivity contribution in [1.29, 1.82) is 5.26 Å². The van der Waals surface area contributed by atoms with Crippen LogP contribution < -0.4 is 4.74 Å². The largest absolute Gasteiger partial charge is 0.489 e. The summed E-state index contributed by atoms with van der Waals surface area (Å²) in [5.41, 5.74) is 5.09. The zero-order chi connectivity index (χ0) is 30.5. The van der Waals surface area contributed by atoms with Crippen LogP contribution in [0, 0.1) is 11.3 Å². The fraction of sp³-hybridized carbons (Fsp3) is 0.0833. The maximum absolute atomic E-state index is 13.8. The van der Waals surface area contributed by atoms with Crippen LogP contribution in [0.3, 0.4) is 0 Å². The quantitative estimate of drug-likeness (QED) is 0.158. The number of pyridine rings is 1. The summed E-state index contributed by atoms with van der Waals surface area (Å²) in [7, 11) is 0. The maximum atomic E-state index is 13.8. The zero-order valence-corrected chi connectivity index (χ0v) is 23.9. The van der Waals surface area contributed by atoms with Crippen molar-refractivity contribution in [2.75, 3.05) is 0 Å². The first-order chi connectivity index (χ1) is 21.5. The molecule has 0 radical (unpaired) electrons. The summed E-state index contributed by atoms with van der Waals surface area (Å²) in [4.78, 5) is 32.2. The predicted molar refractivity (Wildman–Crippen MR) is 166 cm³/mol. The molecule has 0 bridgehead atoms. The zero-order valence-electron chi connectivity index (χ0n) is 23.9. The number of ether oxygens (including phenoxy) is 1. The Kier molecular flexibility index (Phi) is 7.93. The molecule has 0 unspecified atom stereocenters. The lowest BCUT2D eigenvalue weighted by Gasteiger charge is -2.27. The number of para-hydroxylation sites is 1. The van der Waals surface area contributed by atoms with Crippen LogP contribution in [0.2, 0.25) is 0 Å². The lowest BCUT2D eigenvalue weighted by molar-refractivity contribution is -0.141. The molecule has 2 amide bonds. The molecular formula is C36H27N5O3. The molecule has 44 heavy (non-hydrogen) atoms. The second kappa shape index (κ2) is 12.4. The second-order valence-corrected chi connectivity index (χ2v) is 10.2. The van der Waals surface area contributed by atoms with Crippen LogP contribution in [-0.4, -0.2) is 31.5 Å². The summed E-state index contributed by atoms with van der Waals surface area (Å²) in [5.74, 6) is -0.447. The van der Waals surface area contributed by atoms with Gasteiger partial charge in [0.15, 0.2) is 0 Å². The Morgan fingerprint density at radius 1 is 0.886 bits per heavy atom. The first-order valence-corrected chi connectivity index (χ1v) is 14.0. The molecule has 0 saturated carbocycles. The van der Waals surface area contributed by atoms with Crippen LogP contribution >= 0.6 is 0 Å². The van der Waals surface area contributed by atoms with Gasteiger partial charge in [0.1, 0.15) is 29.7 Å². The number of hydrogen-bond donors (Lipinski definition) is 0. The second-order valence-electron chi connectivity index (χ2n) is 10.2. The van der Waals surface area contributed by atoms with Crippen molar-refractivity contribution in [1.82, 2.24) is 19.7 Å². The number of rotatable bonds is 8. The third kappa shape index (κ3) is 5.80. The minimum Gasteiger partial charge on any atom is -0.489 e. The van der Waals surface area contributed by atoms with E-state index in [9.17, 15) is 14.9 Å². The van der Waals surface area contributed by atoms with E-state index < -0.39 is 11.8 Å². The van der Waals surface area contributed by atoms with Crippen LogP contribution in [0.15, 0.2) is 132 Å². The fourth-order valence-electron chi connectivity index (χ4n) is 5.01. The Morgan fingerprint density at radius 2 is 1.64 bits per heavy atom. The van der Waals surface area contributed by atoms with Gasteiger partial charge in [-0.05, 0) is 60.0 Å².